The van der Waals surface area contributed by atoms with Crippen LogP contribution in [0.1, 0.15) is 51.9 Å². The fourth-order valence-electron chi connectivity index (χ4n) is 2.28. The molecule has 0 aromatic carbocycles. The Morgan fingerprint density at radius 3 is 2.71 bits per heavy atom. The summed E-state index contributed by atoms with van der Waals surface area (Å²) < 4.78 is 4.72. The topological polar surface area (TPSA) is 46.6 Å². The van der Waals surface area contributed by atoms with Crippen molar-refractivity contribution in [2.45, 2.75) is 57.9 Å². The van der Waals surface area contributed by atoms with E-state index in [1.165, 1.54) is 26.4 Å². The van der Waals surface area contributed by atoms with Crippen LogP contribution in [0.25, 0.3) is 0 Å². The number of nitrogens with zero attached hydrogens (tertiary/aromatic N) is 1. The number of likely N-dealkylation sites (tertiary alicyclic amines) is 1. The molecule has 1 rings (SSSR count). The third kappa shape index (κ3) is 4.02. The fourth-order valence-corrected chi connectivity index (χ4v) is 2.28. The van der Waals surface area contributed by atoms with Gasteiger partial charge in [-0.2, -0.15) is 0 Å². The van der Waals surface area contributed by atoms with Crippen molar-refractivity contribution in [1.29, 1.82) is 0 Å². The Morgan fingerprint density at radius 2 is 2.06 bits per heavy atom. The second-order valence-corrected chi connectivity index (χ2v) is 4.58. The van der Waals surface area contributed by atoms with Crippen molar-refractivity contribution < 1.29 is 14.3 Å². The monoisotopic (exact) mass is 241 g/mol. The van der Waals surface area contributed by atoms with Gasteiger partial charge in [0.25, 0.3) is 0 Å². The average molecular weight is 241 g/mol. The summed E-state index contributed by atoms with van der Waals surface area (Å²) in [6, 6.07) is -0.335. The van der Waals surface area contributed by atoms with Gasteiger partial charge in [-0.15, -0.1) is 0 Å². The van der Waals surface area contributed by atoms with Gasteiger partial charge in [0.05, 0.1) is 7.11 Å². The maximum absolute atomic E-state index is 11.6. The molecule has 1 fully saturated rings. The van der Waals surface area contributed by atoms with Crippen LogP contribution in [-0.2, 0) is 14.3 Å². The molecule has 1 atom stereocenters. The number of carbonyl (C=O) groups excluding carboxylic acids is 2. The lowest BCUT2D eigenvalue weighted by Gasteiger charge is -2.22. The number of hydrogen-bond donors (Lipinski definition) is 0. The van der Waals surface area contributed by atoms with E-state index in [1.54, 1.807) is 4.90 Å². The normalized spacial score (nSPS) is 19.8. The van der Waals surface area contributed by atoms with E-state index < -0.39 is 0 Å². The molecule has 1 aliphatic heterocycles. The van der Waals surface area contributed by atoms with E-state index in [0.29, 0.717) is 19.4 Å². The van der Waals surface area contributed by atoms with Gasteiger partial charge in [-0.05, 0) is 12.8 Å². The second kappa shape index (κ2) is 7.30. The highest BCUT2D eigenvalue weighted by Crippen LogP contribution is 2.20. The largest absolute Gasteiger partial charge is 0.467 e. The maximum atomic E-state index is 11.6. The average Bonchev–Trinajstić information content (AvgIpc) is 2.70. The number of hydrogen-bond acceptors (Lipinski definition) is 3. The first-order valence-corrected chi connectivity index (χ1v) is 6.58. The molecule has 0 radical (unpaired) electrons. The molecule has 1 heterocycles. The van der Waals surface area contributed by atoms with Gasteiger partial charge >= 0.3 is 5.97 Å². The van der Waals surface area contributed by atoms with Crippen LogP contribution in [-0.4, -0.2) is 36.5 Å². The summed E-state index contributed by atoms with van der Waals surface area (Å²) in [4.78, 5) is 24.8. The quantitative estimate of drug-likeness (QED) is 0.506. The first kappa shape index (κ1) is 14.0. The smallest absolute Gasteiger partial charge is 0.328 e. The van der Waals surface area contributed by atoms with E-state index in [9.17, 15) is 9.59 Å². The van der Waals surface area contributed by atoms with E-state index in [-0.39, 0.29) is 17.9 Å². The van der Waals surface area contributed by atoms with E-state index in [4.69, 9.17) is 4.74 Å². The number of amides is 1. The zero-order chi connectivity index (χ0) is 12.7. The molecule has 1 aliphatic rings. The third-order valence-corrected chi connectivity index (χ3v) is 3.30. The number of rotatable bonds is 7. The van der Waals surface area contributed by atoms with Crippen LogP contribution in [0.2, 0.25) is 0 Å². The Kier molecular flexibility index (Phi) is 6.01. The molecule has 4 heteroatoms. The molecule has 0 bridgehead atoms. The van der Waals surface area contributed by atoms with Gasteiger partial charge in [-0.1, -0.05) is 32.6 Å². The molecule has 0 aromatic rings. The summed E-state index contributed by atoms with van der Waals surface area (Å²) in [5.74, 6) is -0.180. The number of carbonyl (C=O) groups is 2. The van der Waals surface area contributed by atoms with Gasteiger partial charge in [-0.25, -0.2) is 4.79 Å². The third-order valence-electron chi connectivity index (χ3n) is 3.30. The molecule has 1 saturated heterocycles. The lowest BCUT2D eigenvalue weighted by molar-refractivity contribution is -0.149. The van der Waals surface area contributed by atoms with Crippen molar-refractivity contribution in [2.75, 3.05) is 13.7 Å². The summed E-state index contributed by atoms with van der Waals surface area (Å²) in [6.45, 7) is 2.87. The Morgan fingerprint density at radius 1 is 1.35 bits per heavy atom. The number of unbranched alkanes of at least 4 members (excludes halogenated alkanes) is 4. The van der Waals surface area contributed by atoms with Gasteiger partial charge in [0.2, 0.25) is 5.91 Å². The SMILES string of the molecule is CCCCCCCN1C(=O)CCC1C(=O)OC. The van der Waals surface area contributed by atoms with E-state index in [2.05, 4.69) is 6.92 Å². The Hall–Kier alpha value is -1.06. The predicted octanol–water partition coefficient (Wildman–Crippen LogP) is 2.12. The van der Waals surface area contributed by atoms with Crippen molar-refractivity contribution in [3.63, 3.8) is 0 Å². The molecular formula is C13H23NO3. The van der Waals surface area contributed by atoms with Gasteiger partial charge in [0.15, 0.2) is 0 Å². The molecule has 0 saturated carbocycles. The van der Waals surface area contributed by atoms with Crippen LogP contribution in [0, 0.1) is 0 Å². The summed E-state index contributed by atoms with van der Waals surface area (Å²) in [6.07, 6.45) is 6.88. The van der Waals surface area contributed by atoms with Crippen LogP contribution in [0.5, 0.6) is 0 Å². The molecular weight excluding hydrogens is 218 g/mol. The fraction of sp³-hybridized carbons (Fsp3) is 0.846. The summed E-state index contributed by atoms with van der Waals surface area (Å²) in [5.41, 5.74) is 0. The van der Waals surface area contributed by atoms with Crippen molar-refractivity contribution >= 4 is 11.9 Å². The molecule has 17 heavy (non-hydrogen) atoms. The second-order valence-electron chi connectivity index (χ2n) is 4.58. The van der Waals surface area contributed by atoms with Crippen LogP contribution < -0.4 is 0 Å². The van der Waals surface area contributed by atoms with Gasteiger partial charge < -0.3 is 9.64 Å². The minimum absolute atomic E-state index is 0.0934. The zero-order valence-corrected chi connectivity index (χ0v) is 10.9. The van der Waals surface area contributed by atoms with Crippen molar-refractivity contribution in [3.8, 4) is 0 Å². The van der Waals surface area contributed by atoms with Crippen LogP contribution >= 0.6 is 0 Å². The standard InChI is InChI=1S/C13H23NO3/c1-3-4-5-6-7-10-14-11(13(16)17-2)8-9-12(14)15/h11H,3-10H2,1-2H3. The summed E-state index contributed by atoms with van der Waals surface area (Å²) in [5, 5.41) is 0. The van der Waals surface area contributed by atoms with Crippen molar-refractivity contribution in [2.24, 2.45) is 0 Å². The molecule has 1 amide bonds. The highest BCUT2D eigenvalue weighted by atomic mass is 16.5. The van der Waals surface area contributed by atoms with Crippen molar-refractivity contribution in [1.82, 2.24) is 4.90 Å². The van der Waals surface area contributed by atoms with E-state index >= 15 is 0 Å². The number of methoxy groups -OCH3 is 1. The van der Waals surface area contributed by atoms with Gasteiger partial charge in [0.1, 0.15) is 6.04 Å². The Bertz CT molecular complexity index is 265. The molecule has 0 aromatic heterocycles. The molecule has 0 spiro atoms. The summed E-state index contributed by atoms with van der Waals surface area (Å²) >= 11 is 0. The lowest BCUT2D eigenvalue weighted by Crippen LogP contribution is -2.39. The number of esters is 1. The van der Waals surface area contributed by atoms with Gasteiger partial charge in [0, 0.05) is 13.0 Å². The predicted molar refractivity (Wildman–Crippen MR) is 65.5 cm³/mol. The van der Waals surface area contributed by atoms with Crippen LogP contribution in [0.3, 0.4) is 0 Å². The molecule has 4 nitrogen and oxygen atoms in total. The highest BCUT2D eigenvalue weighted by molar-refractivity contribution is 5.88. The van der Waals surface area contributed by atoms with Gasteiger partial charge in [-0.3, -0.25) is 4.79 Å². The lowest BCUT2D eigenvalue weighted by atomic mass is 10.1. The molecule has 98 valence electrons. The maximum Gasteiger partial charge on any atom is 0.328 e. The van der Waals surface area contributed by atoms with Crippen LogP contribution in [0.15, 0.2) is 0 Å². The Labute approximate surface area is 103 Å². The highest BCUT2D eigenvalue weighted by Gasteiger charge is 2.36. The minimum Gasteiger partial charge on any atom is -0.467 e. The molecule has 0 aliphatic carbocycles. The zero-order valence-electron chi connectivity index (χ0n) is 10.9. The first-order valence-electron chi connectivity index (χ1n) is 6.58. The van der Waals surface area contributed by atoms with Crippen molar-refractivity contribution in [3.05, 3.63) is 0 Å². The number of ether oxygens (including phenoxy) is 1. The Balaban J connectivity index is 2.33. The molecule has 1 unspecified atom stereocenters. The minimum atomic E-state index is -0.335. The van der Waals surface area contributed by atoms with Crippen LogP contribution in [0.4, 0.5) is 0 Å². The van der Waals surface area contributed by atoms with E-state index in [1.807, 2.05) is 0 Å². The molecule has 0 N–H and O–H groups in total. The summed E-state index contributed by atoms with van der Waals surface area (Å²) in [7, 11) is 1.38. The first-order chi connectivity index (χ1) is 8.20. The van der Waals surface area contributed by atoms with E-state index in [0.717, 1.165) is 12.8 Å².